The molecule has 1 atom stereocenters. The Labute approximate surface area is 99.2 Å². The topological polar surface area (TPSA) is 18.5 Å². The van der Waals surface area contributed by atoms with E-state index in [0.29, 0.717) is 0 Å². The van der Waals surface area contributed by atoms with E-state index in [1.807, 2.05) is 0 Å². The molecule has 2 heterocycles. The fourth-order valence-corrected chi connectivity index (χ4v) is 3.04. The van der Waals surface area contributed by atoms with E-state index in [1.54, 1.807) is 0 Å². The minimum atomic E-state index is 0.797. The first kappa shape index (κ1) is 11.0. The zero-order valence-electron chi connectivity index (χ0n) is 10.3. The van der Waals surface area contributed by atoms with E-state index >= 15 is 0 Å². The van der Waals surface area contributed by atoms with Crippen molar-refractivity contribution in [1.82, 2.24) is 15.1 Å². The highest BCUT2D eigenvalue weighted by molar-refractivity contribution is 4.89. The molecule has 3 aliphatic rings. The Morgan fingerprint density at radius 3 is 2.31 bits per heavy atom. The molecule has 0 aromatic carbocycles. The van der Waals surface area contributed by atoms with Gasteiger partial charge in [0.1, 0.15) is 0 Å². The predicted molar refractivity (Wildman–Crippen MR) is 66.7 cm³/mol. The first-order chi connectivity index (χ1) is 7.90. The summed E-state index contributed by atoms with van der Waals surface area (Å²) in [5, 5.41) is 3.76. The molecule has 3 heteroatoms. The average molecular weight is 223 g/mol. The first-order valence-corrected chi connectivity index (χ1v) is 7.11. The largest absolute Gasteiger partial charge is 0.310 e. The number of hydrogen-bond acceptors (Lipinski definition) is 3. The fourth-order valence-electron chi connectivity index (χ4n) is 3.04. The van der Waals surface area contributed by atoms with Crippen LogP contribution >= 0.6 is 0 Å². The zero-order valence-corrected chi connectivity index (χ0v) is 10.3. The van der Waals surface area contributed by atoms with Crippen LogP contribution in [0.4, 0.5) is 0 Å². The molecule has 92 valence electrons. The van der Waals surface area contributed by atoms with Gasteiger partial charge in [-0.2, -0.15) is 0 Å². The minimum Gasteiger partial charge on any atom is -0.310 e. The smallest absolute Gasteiger partial charge is 0.0209 e. The molecule has 1 N–H and O–H groups in total. The molecule has 0 bridgehead atoms. The second-order valence-corrected chi connectivity index (χ2v) is 5.78. The summed E-state index contributed by atoms with van der Waals surface area (Å²) in [6.45, 7) is 7.90. The van der Waals surface area contributed by atoms with Crippen molar-refractivity contribution >= 4 is 0 Å². The third kappa shape index (κ3) is 2.96. The SMILES string of the molecule is C1CCN(CCN2CCC(NC3CC3)C2)C1. The maximum Gasteiger partial charge on any atom is 0.0209 e. The molecule has 1 saturated carbocycles. The second kappa shape index (κ2) is 5.03. The third-order valence-electron chi connectivity index (χ3n) is 4.25. The van der Waals surface area contributed by atoms with Crippen molar-refractivity contribution in [2.24, 2.45) is 0 Å². The van der Waals surface area contributed by atoms with Crippen LogP contribution in [0.5, 0.6) is 0 Å². The molecule has 3 nitrogen and oxygen atoms in total. The Morgan fingerprint density at radius 2 is 1.56 bits per heavy atom. The van der Waals surface area contributed by atoms with Crippen LogP contribution in [0.2, 0.25) is 0 Å². The highest BCUT2D eigenvalue weighted by Gasteiger charge is 2.29. The molecule has 0 aromatic rings. The molecule has 2 saturated heterocycles. The van der Waals surface area contributed by atoms with Crippen molar-refractivity contribution in [3.8, 4) is 0 Å². The first-order valence-electron chi connectivity index (χ1n) is 7.11. The zero-order chi connectivity index (χ0) is 10.8. The molecule has 0 amide bonds. The maximum atomic E-state index is 3.76. The summed E-state index contributed by atoms with van der Waals surface area (Å²) in [6.07, 6.45) is 7.06. The van der Waals surface area contributed by atoms with Gasteiger partial charge >= 0.3 is 0 Å². The van der Waals surface area contributed by atoms with Crippen LogP contribution in [0.1, 0.15) is 32.1 Å². The molecule has 3 fully saturated rings. The standard InChI is InChI=1S/C13H25N3/c1-2-7-15(6-1)9-10-16-8-5-13(11-16)14-12-3-4-12/h12-14H,1-11H2. The molecule has 1 unspecified atom stereocenters. The third-order valence-corrected chi connectivity index (χ3v) is 4.25. The summed E-state index contributed by atoms with van der Waals surface area (Å²) < 4.78 is 0. The van der Waals surface area contributed by atoms with Crippen LogP contribution in [0.25, 0.3) is 0 Å². The van der Waals surface area contributed by atoms with E-state index in [-0.39, 0.29) is 0 Å². The lowest BCUT2D eigenvalue weighted by molar-refractivity contribution is 0.254. The Bertz CT molecular complexity index is 221. The van der Waals surface area contributed by atoms with Gasteiger partial charge in [0.05, 0.1) is 0 Å². The summed E-state index contributed by atoms with van der Waals surface area (Å²) in [5.74, 6) is 0. The Morgan fingerprint density at radius 1 is 0.812 bits per heavy atom. The van der Waals surface area contributed by atoms with E-state index < -0.39 is 0 Å². The Kier molecular flexibility index (Phi) is 3.46. The average Bonchev–Trinajstić information content (AvgIpc) is 2.81. The van der Waals surface area contributed by atoms with Crippen LogP contribution < -0.4 is 5.32 Å². The van der Waals surface area contributed by atoms with Gasteiger partial charge in [-0.25, -0.2) is 0 Å². The number of nitrogens with one attached hydrogen (secondary N) is 1. The fraction of sp³-hybridized carbons (Fsp3) is 1.00. The van der Waals surface area contributed by atoms with Gasteiger partial charge in [-0.3, -0.25) is 0 Å². The highest BCUT2D eigenvalue weighted by atomic mass is 15.2. The van der Waals surface area contributed by atoms with Crippen LogP contribution in [0.3, 0.4) is 0 Å². The van der Waals surface area contributed by atoms with Gasteiger partial charge in [-0.1, -0.05) is 0 Å². The van der Waals surface area contributed by atoms with Crippen LogP contribution in [0.15, 0.2) is 0 Å². The van der Waals surface area contributed by atoms with Crippen LogP contribution in [-0.4, -0.2) is 61.2 Å². The van der Waals surface area contributed by atoms with Gasteiger partial charge in [-0.15, -0.1) is 0 Å². The minimum absolute atomic E-state index is 0.797. The van der Waals surface area contributed by atoms with Gasteiger partial charge in [0, 0.05) is 31.7 Å². The summed E-state index contributed by atoms with van der Waals surface area (Å²) >= 11 is 0. The van der Waals surface area contributed by atoms with Gasteiger partial charge in [0.2, 0.25) is 0 Å². The van der Waals surface area contributed by atoms with Crippen molar-refractivity contribution < 1.29 is 0 Å². The number of nitrogens with zero attached hydrogens (tertiary/aromatic N) is 2. The van der Waals surface area contributed by atoms with Crippen molar-refractivity contribution in [3.63, 3.8) is 0 Å². The molecule has 0 aromatic heterocycles. The van der Waals surface area contributed by atoms with Gasteiger partial charge in [0.25, 0.3) is 0 Å². The van der Waals surface area contributed by atoms with Gasteiger partial charge < -0.3 is 15.1 Å². The number of hydrogen-bond donors (Lipinski definition) is 1. The summed E-state index contributed by atoms with van der Waals surface area (Å²) in [4.78, 5) is 5.28. The maximum absolute atomic E-state index is 3.76. The molecular formula is C13H25N3. The Balaban J connectivity index is 1.33. The normalized spacial score (nSPS) is 32.6. The van der Waals surface area contributed by atoms with E-state index in [4.69, 9.17) is 0 Å². The van der Waals surface area contributed by atoms with Crippen LogP contribution in [0, 0.1) is 0 Å². The van der Waals surface area contributed by atoms with E-state index in [2.05, 4.69) is 15.1 Å². The van der Waals surface area contributed by atoms with E-state index in [9.17, 15) is 0 Å². The summed E-state index contributed by atoms with van der Waals surface area (Å²) in [6, 6.07) is 1.68. The number of likely N-dealkylation sites (tertiary alicyclic amines) is 2. The van der Waals surface area contributed by atoms with Gasteiger partial charge in [-0.05, 0) is 51.7 Å². The quantitative estimate of drug-likeness (QED) is 0.747. The predicted octanol–water partition coefficient (Wildman–Crippen LogP) is 0.908. The lowest BCUT2D eigenvalue weighted by Gasteiger charge is -2.21. The molecule has 0 radical (unpaired) electrons. The highest BCUT2D eigenvalue weighted by Crippen LogP contribution is 2.21. The van der Waals surface area contributed by atoms with Crippen molar-refractivity contribution in [2.45, 2.75) is 44.2 Å². The molecular weight excluding hydrogens is 198 g/mol. The molecule has 3 rings (SSSR count). The molecule has 1 aliphatic carbocycles. The van der Waals surface area contributed by atoms with Gasteiger partial charge in [0.15, 0.2) is 0 Å². The second-order valence-electron chi connectivity index (χ2n) is 5.78. The van der Waals surface area contributed by atoms with Crippen molar-refractivity contribution in [3.05, 3.63) is 0 Å². The lowest BCUT2D eigenvalue weighted by Crippen LogP contribution is -2.36. The monoisotopic (exact) mass is 223 g/mol. The van der Waals surface area contributed by atoms with E-state index in [0.717, 1.165) is 12.1 Å². The molecule has 2 aliphatic heterocycles. The number of rotatable bonds is 5. The molecule has 16 heavy (non-hydrogen) atoms. The lowest BCUT2D eigenvalue weighted by atomic mass is 10.2. The van der Waals surface area contributed by atoms with Crippen molar-refractivity contribution in [2.75, 3.05) is 39.3 Å². The summed E-state index contributed by atoms with van der Waals surface area (Å²) in [7, 11) is 0. The molecule has 0 spiro atoms. The van der Waals surface area contributed by atoms with E-state index in [1.165, 1.54) is 71.4 Å². The Hall–Kier alpha value is -0.120. The van der Waals surface area contributed by atoms with Crippen LogP contribution in [-0.2, 0) is 0 Å². The van der Waals surface area contributed by atoms with Crippen molar-refractivity contribution in [1.29, 1.82) is 0 Å². The summed E-state index contributed by atoms with van der Waals surface area (Å²) in [5.41, 5.74) is 0.